The molecule has 0 saturated heterocycles. The van der Waals surface area contributed by atoms with E-state index in [0.717, 1.165) is 17.8 Å². The molecule has 0 saturated carbocycles. The Morgan fingerprint density at radius 3 is 2.29 bits per heavy atom. The summed E-state index contributed by atoms with van der Waals surface area (Å²) in [6.07, 6.45) is 0. The quantitative estimate of drug-likeness (QED) is 0.449. The monoisotopic (exact) mass is 467 g/mol. The van der Waals surface area contributed by atoms with E-state index >= 15 is 0 Å². The van der Waals surface area contributed by atoms with Crippen LogP contribution in [0.1, 0.15) is 24.2 Å². The zero-order valence-corrected chi connectivity index (χ0v) is 19.7. The van der Waals surface area contributed by atoms with Gasteiger partial charge in [0.2, 0.25) is 0 Å². The summed E-state index contributed by atoms with van der Waals surface area (Å²) in [6.45, 7) is 6.90. The highest BCUT2D eigenvalue weighted by Gasteiger charge is 2.25. The van der Waals surface area contributed by atoms with Crippen molar-refractivity contribution in [3.05, 3.63) is 47.8 Å². The fourth-order valence-corrected chi connectivity index (χ4v) is 4.33. The summed E-state index contributed by atoms with van der Waals surface area (Å²) in [5.41, 5.74) is 0.640. The van der Waals surface area contributed by atoms with Gasteiger partial charge < -0.3 is 14.4 Å². The Hall–Kier alpha value is -2.42. The average Bonchev–Trinajstić information content (AvgIpc) is 3.21. The lowest BCUT2D eigenvalue weighted by molar-refractivity contribution is 0.0980. The van der Waals surface area contributed by atoms with Crippen LogP contribution in [0.3, 0.4) is 0 Å². The van der Waals surface area contributed by atoms with Crippen LogP contribution in [0.2, 0.25) is 0 Å². The minimum atomic E-state index is -0.549. The summed E-state index contributed by atoms with van der Waals surface area (Å²) >= 11 is 1.33. The number of fused-ring (bicyclic) bond motifs is 1. The molecular weight excluding hydrogens is 441 g/mol. The fraction of sp³-hybridized carbons (Fsp3) is 0.364. The number of likely N-dealkylation sites (N-methyl/N-ethyl adjacent to an activating group) is 1. The summed E-state index contributed by atoms with van der Waals surface area (Å²) in [5.74, 6) is 0.274. The number of methoxy groups -OCH3 is 2. The lowest BCUT2D eigenvalue weighted by atomic mass is 10.2. The molecule has 168 valence electrons. The third-order valence-electron chi connectivity index (χ3n) is 5.01. The molecular formula is C22H27ClFN3O3S. The molecule has 1 amide bonds. The predicted octanol–water partition coefficient (Wildman–Crippen LogP) is 4.86. The Balaban J connectivity index is 0.00000341. The van der Waals surface area contributed by atoms with E-state index < -0.39 is 11.7 Å². The lowest BCUT2D eigenvalue weighted by Gasteiger charge is -2.24. The largest absolute Gasteiger partial charge is 0.495 e. The van der Waals surface area contributed by atoms with Crippen LogP contribution in [0.4, 0.5) is 9.52 Å². The number of anilines is 1. The van der Waals surface area contributed by atoms with Gasteiger partial charge >= 0.3 is 0 Å². The van der Waals surface area contributed by atoms with Crippen LogP contribution in [0.25, 0.3) is 10.2 Å². The molecule has 0 aliphatic heterocycles. The van der Waals surface area contributed by atoms with Crippen LogP contribution < -0.4 is 14.4 Å². The maximum Gasteiger partial charge on any atom is 0.263 e. The fourth-order valence-electron chi connectivity index (χ4n) is 3.24. The Morgan fingerprint density at radius 1 is 1.03 bits per heavy atom. The zero-order chi connectivity index (χ0) is 21.7. The third kappa shape index (κ3) is 5.26. The first kappa shape index (κ1) is 24.8. The number of carbonyl (C=O) groups excluding carboxylic acids is 1. The Bertz CT molecular complexity index is 985. The Morgan fingerprint density at radius 2 is 1.68 bits per heavy atom. The number of carbonyl (C=O) groups is 1. The number of hydrogen-bond donors (Lipinski definition) is 0. The van der Waals surface area contributed by atoms with Crippen LogP contribution in [0.5, 0.6) is 11.5 Å². The smallest absolute Gasteiger partial charge is 0.263 e. The van der Waals surface area contributed by atoms with Crippen molar-refractivity contribution in [3.63, 3.8) is 0 Å². The number of benzene rings is 2. The molecule has 2 aromatic carbocycles. The second kappa shape index (κ2) is 11.3. The summed E-state index contributed by atoms with van der Waals surface area (Å²) in [7, 11) is 3.16. The van der Waals surface area contributed by atoms with E-state index in [0.29, 0.717) is 35.2 Å². The molecule has 1 aromatic heterocycles. The van der Waals surface area contributed by atoms with Gasteiger partial charge in [0.25, 0.3) is 5.91 Å². The van der Waals surface area contributed by atoms with Gasteiger partial charge in [-0.25, -0.2) is 9.37 Å². The number of amides is 1. The molecule has 6 nitrogen and oxygen atoms in total. The molecule has 0 radical (unpaired) electrons. The minimum Gasteiger partial charge on any atom is -0.495 e. The first-order valence-corrected chi connectivity index (χ1v) is 10.7. The highest BCUT2D eigenvalue weighted by molar-refractivity contribution is 7.22. The number of ether oxygens (including phenoxy) is 2. The van der Waals surface area contributed by atoms with Gasteiger partial charge in [0.1, 0.15) is 27.5 Å². The van der Waals surface area contributed by atoms with Gasteiger partial charge in [-0.1, -0.05) is 37.3 Å². The van der Waals surface area contributed by atoms with Crippen molar-refractivity contribution in [1.29, 1.82) is 0 Å². The van der Waals surface area contributed by atoms with E-state index in [4.69, 9.17) is 9.47 Å². The molecule has 0 aliphatic carbocycles. The number of halogens is 2. The summed E-state index contributed by atoms with van der Waals surface area (Å²) in [5, 5.41) is 0.480. The van der Waals surface area contributed by atoms with Crippen LogP contribution >= 0.6 is 23.7 Å². The van der Waals surface area contributed by atoms with E-state index in [1.54, 1.807) is 37.3 Å². The highest BCUT2D eigenvalue weighted by Crippen LogP contribution is 2.40. The minimum absolute atomic E-state index is 0. The number of rotatable bonds is 9. The van der Waals surface area contributed by atoms with Gasteiger partial charge in [0, 0.05) is 13.1 Å². The molecule has 31 heavy (non-hydrogen) atoms. The molecule has 0 spiro atoms. The lowest BCUT2D eigenvalue weighted by Crippen LogP contribution is -2.39. The predicted molar refractivity (Wildman–Crippen MR) is 126 cm³/mol. The van der Waals surface area contributed by atoms with Gasteiger partial charge in [0.15, 0.2) is 5.13 Å². The van der Waals surface area contributed by atoms with Crippen molar-refractivity contribution in [2.24, 2.45) is 0 Å². The molecule has 0 atom stereocenters. The molecule has 3 aromatic rings. The standard InChI is InChI=1S/C22H26FN3O3S.ClH/c1-5-25(6-2)13-14-26(21(27)15-9-7-8-10-16(15)23)22-24-19-17(28-3)11-12-18(29-4)20(19)30-22;/h7-12H,5-6,13-14H2,1-4H3;1H. The van der Waals surface area contributed by atoms with Crippen molar-refractivity contribution >= 4 is 45.0 Å². The molecule has 0 bridgehead atoms. The van der Waals surface area contributed by atoms with E-state index in [1.165, 1.54) is 23.5 Å². The molecule has 3 rings (SSSR count). The van der Waals surface area contributed by atoms with Crippen molar-refractivity contribution in [2.45, 2.75) is 13.8 Å². The van der Waals surface area contributed by atoms with Gasteiger partial charge in [0.05, 0.1) is 19.8 Å². The molecule has 9 heteroatoms. The molecule has 0 unspecified atom stereocenters. The van der Waals surface area contributed by atoms with Crippen LogP contribution in [0, 0.1) is 5.82 Å². The van der Waals surface area contributed by atoms with E-state index in [1.807, 2.05) is 6.07 Å². The van der Waals surface area contributed by atoms with Gasteiger partial charge in [-0.05, 0) is 37.4 Å². The maximum absolute atomic E-state index is 14.4. The molecule has 1 heterocycles. The van der Waals surface area contributed by atoms with Crippen molar-refractivity contribution in [2.75, 3.05) is 45.3 Å². The second-order valence-electron chi connectivity index (χ2n) is 6.61. The summed E-state index contributed by atoms with van der Waals surface area (Å²) in [6, 6.07) is 9.60. The second-order valence-corrected chi connectivity index (χ2v) is 7.59. The Kier molecular flexibility index (Phi) is 9.03. The highest BCUT2D eigenvalue weighted by atomic mass is 35.5. The number of nitrogens with zero attached hydrogens (tertiary/aromatic N) is 3. The van der Waals surface area contributed by atoms with Crippen molar-refractivity contribution < 1.29 is 18.7 Å². The van der Waals surface area contributed by atoms with Crippen LogP contribution in [0.15, 0.2) is 36.4 Å². The average molecular weight is 468 g/mol. The van der Waals surface area contributed by atoms with Crippen molar-refractivity contribution in [1.82, 2.24) is 9.88 Å². The van der Waals surface area contributed by atoms with Gasteiger partial charge in [-0.2, -0.15) is 0 Å². The summed E-state index contributed by atoms with van der Waals surface area (Å²) < 4.78 is 26.0. The van der Waals surface area contributed by atoms with Crippen LogP contribution in [-0.2, 0) is 0 Å². The number of aromatic nitrogens is 1. The Labute approximate surface area is 192 Å². The number of hydrogen-bond acceptors (Lipinski definition) is 6. The topological polar surface area (TPSA) is 54.9 Å². The third-order valence-corrected chi connectivity index (χ3v) is 6.11. The van der Waals surface area contributed by atoms with E-state index in [-0.39, 0.29) is 18.0 Å². The first-order valence-electron chi connectivity index (χ1n) is 9.84. The zero-order valence-electron chi connectivity index (χ0n) is 18.1. The summed E-state index contributed by atoms with van der Waals surface area (Å²) in [4.78, 5) is 21.7. The van der Waals surface area contributed by atoms with Gasteiger partial charge in [-0.15, -0.1) is 12.4 Å². The first-order chi connectivity index (χ1) is 14.5. The molecule has 0 N–H and O–H groups in total. The van der Waals surface area contributed by atoms with Crippen molar-refractivity contribution in [3.8, 4) is 11.5 Å². The van der Waals surface area contributed by atoms with E-state index in [9.17, 15) is 9.18 Å². The molecule has 0 aliphatic rings. The van der Waals surface area contributed by atoms with E-state index in [2.05, 4.69) is 23.7 Å². The number of thiazole rings is 1. The SMILES string of the molecule is CCN(CC)CCN(C(=O)c1ccccc1F)c1nc2c(OC)ccc(OC)c2s1.Cl. The molecule has 0 fully saturated rings. The van der Waals surface area contributed by atoms with Crippen LogP contribution in [-0.4, -0.2) is 56.2 Å². The normalized spacial score (nSPS) is 10.8. The van der Waals surface area contributed by atoms with Gasteiger partial charge in [-0.3, -0.25) is 9.69 Å². The maximum atomic E-state index is 14.4.